The van der Waals surface area contributed by atoms with Gasteiger partial charge in [-0.1, -0.05) is 50.3 Å². The Morgan fingerprint density at radius 2 is 1.86 bits per heavy atom. The normalized spacial score (nSPS) is 17.0. The molecule has 2 N–H and O–H groups in total. The maximum absolute atomic E-state index is 12.4. The van der Waals surface area contributed by atoms with Crippen LogP contribution in [0.1, 0.15) is 44.1 Å². The van der Waals surface area contributed by atoms with Crippen LogP contribution in [0.3, 0.4) is 0 Å². The average Bonchev–Trinajstić information content (AvgIpc) is 2.49. The van der Waals surface area contributed by atoms with Gasteiger partial charge in [0.15, 0.2) is 0 Å². The molecule has 1 aromatic rings. The van der Waals surface area contributed by atoms with E-state index in [2.05, 4.69) is 10.0 Å². The van der Waals surface area contributed by atoms with E-state index in [1.165, 1.54) is 32.1 Å². The van der Waals surface area contributed by atoms with Gasteiger partial charge in [-0.15, -0.1) is 0 Å². The van der Waals surface area contributed by atoms with Crippen molar-refractivity contribution in [1.29, 1.82) is 0 Å². The van der Waals surface area contributed by atoms with Crippen molar-refractivity contribution in [1.82, 2.24) is 10.0 Å². The third-order valence-corrected chi connectivity index (χ3v) is 5.76. The summed E-state index contributed by atoms with van der Waals surface area (Å²) in [6.07, 6.45) is 7.37. The molecule has 118 valence electrons. The molecule has 0 heterocycles. The monoisotopic (exact) mass is 310 g/mol. The lowest BCUT2D eigenvalue weighted by Crippen LogP contribution is -2.28. The van der Waals surface area contributed by atoms with E-state index in [0.717, 1.165) is 12.0 Å². The predicted molar refractivity (Wildman–Crippen MR) is 85.6 cm³/mol. The number of benzene rings is 1. The van der Waals surface area contributed by atoms with Gasteiger partial charge in [-0.3, -0.25) is 0 Å². The van der Waals surface area contributed by atoms with Gasteiger partial charge in [0.25, 0.3) is 0 Å². The Labute approximate surface area is 128 Å². The molecule has 0 spiro atoms. The molecule has 1 aliphatic rings. The Morgan fingerprint density at radius 1 is 1.14 bits per heavy atom. The second kappa shape index (κ2) is 7.92. The summed E-state index contributed by atoms with van der Waals surface area (Å²) in [5.41, 5.74) is 0.810. The molecule has 0 atom stereocenters. The van der Waals surface area contributed by atoms with Gasteiger partial charge in [-0.25, -0.2) is 13.1 Å². The van der Waals surface area contributed by atoms with Gasteiger partial charge < -0.3 is 5.32 Å². The fraction of sp³-hybridized carbons (Fsp3) is 0.625. The zero-order chi connectivity index (χ0) is 15.1. The van der Waals surface area contributed by atoms with Crippen molar-refractivity contribution in [3.8, 4) is 0 Å². The van der Waals surface area contributed by atoms with Crippen LogP contribution < -0.4 is 10.0 Å². The largest absolute Gasteiger partial charge is 0.316 e. The molecule has 5 heteroatoms. The first-order chi connectivity index (χ1) is 10.1. The molecular formula is C16H26N2O2S. The van der Waals surface area contributed by atoms with Crippen molar-refractivity contribution < 1.29 is 8.42 Å². The summed E-state index contributed by atoms with van der Waals surface area (Å²) in [5.74, 6) is 0.689. The maximum Gasteiger partial charge on any atom is 0.240 e. The third-order valence-electron chi connectivity index (χ3n) is 4.20. The molecule has 0 saturated heterocycles. The van der Waals surface area contributed by atoms with Crippen LogP contribution in [-0.2, 0) is 16.6 Å². The lowest BCUT2D eigenvalue weighted by Gasteiger charge is -2.21. The minimum absolute atomic E-state index is 0.392. The SMILES string of the molecule is CNCc1ccccc1S(=O)(=O)NCCC1CCCCC1. The number of hydrogen-bond acceptors (Lipinski definition) is 3. The summed E-state index contributed by atoms with van der Waals surface area (Å²) in [4.78, 5) is 0.392. The van der Waals surface area contributed by atoms with Gasteiger partial charge >= 0.3 is 0 Å². The van der Waals surface area contributed by atoms with E-state index < -0.39 is 10.0 Å². The highest BCUT2D eigenvalue weighted by Gasteiger charge is 2.19. The van der Waals surface area contributed by atoms with E-state index in [9.17, 15) is 8.42 Å². The van der Waals surface area contributed by atoms with E-state index in [1.54, 1.807) is 12.1 Å². The highest BCUT2D eigenvalue weighted by atomic mass is 32.2. The molecule has 0 bridgehead atoms. The average molecular weight is 310 g/mol. The standard InChI is InChI=1S/C16H26N2O2S/c1-17-13-15-9-5-6-10-16(15)21(19,20)18-12-11-14-7-3-2-4-8-14/h5-6,9-10,14,17-18H,2-4,7-8,11-13H2,1H3. The molecule has 21 heavy (non-hydrogen) atoms. The summed E-state index contributed by atoms with van der Waals surface area (Å²) in [5, 5.41) is 3.01. The quantitative estimate of drug-likeness (QED) is 0.814. The van der Waals surface area contributed by atoms with Crippen molar-refractivity contribution in [3.63, 3.8) is 0 Å². The van der Waals surface area contributed by atoms with Crippen LogP contribution in [-0.4, -0.2) is 22.0 Å². The molecule has 4 nitrogen and oxygen atoms in total. The lowest BCUT2D eigenvalue weighted by molar-refractivity contribution is 0.339. The van der Waals surface area contributed by atoms with Gasteiger partial charge in [0.05, 0.1) is 4.90 Å². The molecule has 1 aliphatic carbocycles. The van der Waals surface area contributed by atoms with Gasteiger partial charge in [-0.2, -0.15) is 0 Å². The number of nitrogens with one attached hydrogen (secondary N) is 2. The first-order valence-electron chi connectivity index (χ1n) is 7.85. The Kier molecular flexibility index (Phi) is 6.21. The van der Waals surface area contributed by atoms with E-state index in [1.807, 2.05) is 19.2 Å². The lowest BCUT2D eigenvalue weighted by atomic mass is 9.87. The second-order valence-electron chi connectivity index (χ2n) is 5.83. The van der Waals surface area contributed by atoms with Crippen LogP contribution in [0.15, 0.2) is 29.2 Å². The second-order valence-corrected chi connectivity index (χ2v) is 7.56. The summed E-state index contributed by atoms with van der Waals surface area (Å²) in [6, 6.07) is 7.17. The molecule has 0 radical (unpaired) electrons. The van der Waals surface area contributed by atoms with Gasteiger partial charge in [0.2, 0.25) is 10.0 Å². The highest BCUT2D eigenvalue weighted by molar-refractivity contribution is 7.89. The van der Waals surface area contributed by atoms with Crippen molar-refractivity contribution in [2.75, 3.05) is 13.6 Å². The van der Waals surface area contributed by atoms with Crippen LogP contribution in [0.4, 0.5) is 0 Å². The van der Waals surface area contributed by atoms with E-state index in [0.29, 0.717) is 23.9 Å². The zero-order valence-electron chi connectivity index (χ0n) is 12.8. The summed E-state index contributed by atoms with van der Waals surface area (Å²) in [7, 11) is -1.58. The highest BCUT2D eigenvalue weighted by Crippen LogP contribution is 2.26. The fourth-order valence-electron chi connectivity index (χ4n) is 3.05. The van der Waals surface area contributed by atoms with Crippen molar-refractivity contribution in [2.45, 2.75) is 50.0 Å². The van der Waals surface area contributed by atoms with Crippen LogP contribution in [0.5, 0.6) is 0 Å². The smallest absolute Gasteiger partial charge is 0.240 e. The summed E-state index contributed by atoms with van der Waals surface area (Å²) in [6.45, 7) is 1.10. The molecule has 1 fully saturated rings. The zero-order valence-corrected chi connectivity index (χ0v) is 13.6. The molecular weight excluding hydrogens is 284 g/mol. The minimum Gasteiger partial charge on any atom is -0.316 e. The topological polar surface area (TPSA) is 58.2 Å². The third kappa shape index (κ3) is 4.80. The Balaban J connectivity index is 1.94. The molecule has 0 amide bonds. The molecule has 1 aromatic carbocycles. The van der Waals surface area contributed by atoms with E-state index in [-0.39, 0.29) is 0 Å². The number of hydrogen-bond donors (Lipinski definition) is 2. The molecule has 0 unspecified atom stereocenters. The van der Waals surface area contributed by atoms with Crippen LogP contribution in [0.25, 0.3) is 0 Å². The maximum atomic E-state index is 12.4. The van der Waals surface area contributed by atoms with Crippen LogP contribution in [0.2, 0.25) is 0 Å². The van der Waals surface area contributed by atoms with Crippen molar-refractivity contribution in [2.24, 2.45) is 5.92 Å². The van der Waals surface area contributed by atoms with E-state index in [4.69, 9.17) is 0 Å². The van der Waals surface area contributed by atoms with Gasteiger partial charge in [-0.05, 0) is 31.0 Å². The van der Waals surface area contributed by atoms with Gasteiger partial charge in [0.1, 0.15) is 0 Å². The summed E-state index contributed by atoms with van der Waals surface area (Å²) >= 11 is 0. The first kappa shape index (κ1) is 16.5. The number of sulfonamides is 1. The van der Waals surface area contributed by atoms with Crippen molar-refractivity contribution in [3.05, 3.63) is 29.8 Å². The summed E-state index contributed by atoms with van der Waals surface area (Å²) < 4.78 is 27.6. The molecule has 2 rings (SSSR count). The van der Waals surface area contributed by atoms with E-state index >= 15 is 0 Å². The van der Waals surface area contributed by atoms with Gasteiger partial charge in [0, 0.05) is 13.1 Å². The minimum atomic E-state index is -3.40. The number of rotatable bonds is 7. The fourth-order valence-corrected chi connectivity index (χ4v) is 4.34. The molecule has 0 aliphatic heterocycles. The van der Waals surface area contributed by atoms with Crippen LogP contribution in [0, 0.1) is 5.92 Å². The Bertz CT molecular complexity index is 537. The Hall–Kier alpha value is -0.910. The Morgan fingerprint density at radius 3 is 2.57 bits per heavy atom. The molecule has 1 saturated carbocycles. The molecule has 0 aromatic heterocycles. The first-order valence-corrected chi connectivity index (χ1v) is 9.34. The van der Waals surface area contributed by atoms with Crippen molar-refractivity contribution >= 4 is 10.0 Å². The predicted octanol–water partition coefficient (Wildman–Crippen LogP) is 2.65. The van der Waals surface area contributed by atoms with Crippen LogP contribution >= 0.6 is 0 Å².